The van der Waals surface area contributed by atoms with Crippen LogP contribution in [0.5, 0.6) is 5.75 Å². The molecule has 0 amide bonds. The average molecular weight is 354 g/mol. The molecule has 23 heavy (non-hydrogen) atoms. The zero-order chi connectivity index (χ0) is 17.3. The molecular formula is C16H22N2O3S2. The molecule has 0 aliphatic rings. The summed E-state index contributed by atoms with van der Waals surface area (Å²) in [5, 5.41) is 2.76. The normalized spacial score (nSPS) is 12.4. The molecule has 0 saturated heterocycles. The Morgan fingerprint density at radius 3 is 2.52 bits per heavy atom. The smallest absolute Gasteiger partial charge is 0.244 e. The van der Waals surface area contributed by atoms with E-state index in [9.17, 15) is 8.42 Å². The molecule has 0 atom stereocenters. The highest BCUT2D eigenvalue weighted by molar-refractivity contribution is 7.89. The number of sulfonamides is 1. The Morgan fingerprint density at radius 2 is 2.00 bits per heavy atom. The quantitative estimate of drug-likeness (QED) is 0.895. The third-order valence-electron chi connectivity index (χ3n) is 3.43. The molecule has 0 spiro atoms. The monoisotopic (exact) mass is 354 g/mol. The molecule has 0 unspecified atom stereocenters. The van der Waals surface area contributed by atoms with Gasteiger partial charge in [-0.25, -0.2) is 18.1 Å². The second kappa shape index (κ2) is 6.59. The third kappa shape index (κ3) is 4.31. The molecule has 1 heterocycles. The summed E-state index contributed by atoms with van der Waals surface area (Å²) in [7, 11) is -2.22. The summed E-state index contributed by atoms with van der Waals surface area (Å²) < 4.78 is 33.1. The molecule has 0 aliphatic carbocycles. The van der Waals surface area contributed by atoms with Gasteiger partial charge in [-0.05, 0) is 30.0 Å². The lowest BCUT2D eigenvalue weighted by atomic mass is 9.87. The van der Waals surface area contributed by atoms with Gasteiger partial charge in [0.05, 0.1) is 24.4 Å². The molecule has 0 saturated carbocycles. The number of benzene rings is 1. The second-order valence-corrected chi connectivity index (χ2v) is 9.10. The molecule has 2 rings (SSSR count). The largest absolute Gasteiger partial charge is 0.495 e. The number of methoxy groups -OCH3 is 1. The van der Waals surface area contributed by atoms with Crippen molar-refractivity contribution in [3.63, 3.8) is 0 Å². The number of hydrogen-bond acceptors (Lipinski definition) is 5. The van der Waals surface area contributed by atoms with Crippen molar-refractivity contribution in [2.24, 2.45) is 0 Å². The fraction of sp³-hybridized carbons (Fsp3) is 0.438. The number of aromatic nitrogens is 1. The molecule has 126 valence electrons. The lowest BCUT2D eigenvalue weighted by Gasteiger charge is -2.21. The molecule has 0 fully saturated rings. The fourth-order valence-corrected chi connectivity index (χ4v) is 3.89. The third-order valence-corrected chi connectivity index (χ3v) is 5.67. The Bertz CT molecular complexity index is 790. The number of hydrogen-bond donors (Lipinski definition) is 1. The summed E-state index contributed by atoms with van der Waals surface area (Å²) in [6.07, 6.45) is 0. The van der Waals surface area contributed by atoms with E-state index in [2.05, 4.69) is 9.71 Å². The van der Waals surface area contributed by atoms with Crippen LogP contribution in [0.2, 0.25) is 0 Å². The highest BCUT2D eigenvalue weighted by Crippen LogP contribution is 2.30. The first-order chi connectivity index (χ1) is 10.6. The van der Waals surface area contributed by atoms with Gasteiger partial charge in [-0.3, -0.25) is 0 Å². The zero-order valence-electron chi connectivity index (χ0n) is 14.0. The first-order valence-corrected chi connectivity index (χ1v) is 9.59. The maximum atomic E-state index is 12.7. The van der Waals surface area contributed by atoms with Crippen LogP contribution in [0.3, 0.4) is 0 Å². The van der Waals surface area contributed by atoms with Crippen LogP contribution in [-0.4, -0.2) is 20.5 Å². The van der Waals surface area contributed by atoms with E-state index in [4.69, 9.17) is 4.74 Å². The lowest BCUT2D eigenvalue weighted by Crippen LogP contribution is -2.24. The Hall–Kier alpha value is -1.44. The zero-order valence-corrected chi connectivity index (χ0v) is 15.6. The van der Waals surface area contributed by atoms with Crippen molar-refractivity contribution in [2.45, 2.75) is 44.6 Å². The van der Waals surface area contributed by atoms with Crippen molar-refractivity contribution < 1.29 is 13.2 Å². The van der Waals surface area contributed by atoms with Crippen LogP contribution >= 0.6 is 11.3 Å². The minimum Gasteiger partial charge on any atom is -0.495 e. The van der Waals surface area contributed by atoms with Gasteiger partial charge < -0.3 is 4.74 Å². The van der Waals surface area contributed by atoms with Crippen LogP contribution in [-0.2, 0) is 22.0 Å². The van der Waals surface area contributed by atoms with Gasteiger partial charge in [-0.1, -0.05) is 26.8 Å². The summed E-state index contributed by atoms with van der Waals surface area (Å²) in [5.41, 5.74) is 1.49. The predicted octanol–water partition coefficient (Wildman–Crippen LogP) is 3.24. The summed E-state index contributed by atoms with van der Waals surface area (Å²) in [6.45, 7) is 8.16. The van der Waals surface area contributed by atoms with Gasteiger partial charge in [0.1, 0.15) is 10.6 Å². The summed E-state index contributed by atoms with van der Waals surface area (Å²) in [5.74, 6) is 0.333. The van der Waals surface area contributed by atoms with Gasteiger partial charge in [-0.2, -0.15) is 0 Å². The maximum Gasteiger partial charge on any atom is 0.244 e. The van der Waals surface area contributed by atoms with E-state index >= 15 is 0 Å². The molecule has 7 heteroatoms. The van der Waals surface area contributed by atoms with Crippen molar-refractivity contribution in [2.75, 3.05) is 7.11 Å². The van der Waals surface area contributed by atoms with Crippen molar-refractivity contribution >= 4 is 21.4 Å². The Morgan fingerprint density at radius 1 is 1.30 bits per heavy atom. The van der Waals surface area contributed by atoms with Gasteiger partial charge in [-0.15, -0.1) is 11.3 Å². The number of nitrogens with zero attached hydrogens (tertiary/aromatic N) is 1. The number of ether oxygens (including phenoxy) is 1. The molecule has 0 bridgehead atoms. The van der Waals surface area contributed by atoms with Crippen LogP contribution in [0.25, 0.3) is 0 Å². The number of thiazole rings is 1. The van der Waals surface area contributed by atoms with E-state index in [1.165, 1.54) is 18.4 Å². The van der Waals surface area contributed by atoms with E-state index in [0.717, 1.165) is 10.6 Å². The number of nitrogens with one attached hydrogen (secondary N) is 1. The fourth-order valence-electron chi connectivity index (χ4n) is 2.09. The van der Waals surface area contributed by atoms with E-state index in [1.54, 1.807) is 12.1 Å². The highest BCUT2D eigenvalue weighted by atomic mass is 32.2. The molecule has 1 aromatic heterocycles. The minimum atomic E-state index is -3.69. The standard InChI is InChI=1S/C16H22N2O3S2/c1-11-18-13(10-22-11)9-17-23(19,20)15-8-12(16(2,3)4)6-7-14(15)21-5/h6-8,10,17H,9H2,1-5H3. The van der Waals surface area contributed by atoms with Gasteiger partial charge in [0.2, 0.25) is 10.0 Å². The van der Waals surface area contributed by atoms with Crippen molar-refractivity contribution in [3.8, 4) is 5.75 Å². The van der Waals surface area contributed by atoms with Gasteiger partial charge in [0.25, 0.3) is 0 Å². The van der Waals surface area contributed by atoms with Gasteiger partial charge in [0, 0.05) is 5.38 Å². The van der Waals surface area contributed by atoms with Crippen LogP contribution in [0.4, 0.5) is 0 Å². The van der Waals surface area contributed by atoms with Crippen molar-refractivity contribution in [1.29, 1.82) is 0 Å². The first-order valence-electron chi connectivity index (χ1n) is 7.22. The number of rotatable bonds is 5. The highest BCUT2D eigenvalue weighted by Gasteiger charge is 2.23. The van der Waals surface area contributed by atoms with Crippen molar-refractivity contribution in [1.82, 2.24) is 9.71 Å². The molecule has 0 aliphatic heterocycles. The first kappa shape index (κ1) is 17.9. The molecular weight excluding hydrogens is 332 g/mol. The summed E-state index contributed by atoms with van der Waals surface area (Å²) >= 11 is 1.49. The summed E-state index contributed by atoms with van der Waals surface area (Å²) in [4.78, 5) is 4.42. The van der Waals surface area contributed by atoms with E-state index in [0.29, 0.717) is 11.4 Å². The lowest BCUT2D eigenvalue weighted by molar-refractivity contribution is 0.401. The van der Waals surface area contributed by atoms with Crippen LogP contribution in [0.1, 0.15) is 37.0 Å². The number of aryl methyl sites for hydroxylation is 1. The molecule has 2 aromatic rings. The Balaban J connectivity index is 2.33. The molecule has 1 aromatic carbocycles. The summed E-state index contributed by atoms with van der Waals surface area (Å²) in [6, 6.07) is 5.26. The molecule has 0 radical (unpaired) electrons. The Kier molecular flexibility index (Phi) is 5.13. The van der Waals surface area contributed by atoms with Gasteiger partial charge in [0.15, 0.2) is 0 Å². The molecule has 5 nitrogen and oxygen atoms in total. The van der Waals surface area contributed by atoms with E-state index in [-0.39, 0.29) is 16.9 Å². The van der Waals surface area contributed by atoms with Gasteiger partial charge >= 0.3 is 0 Å². The van der Waals surface area contributed by atoms with Crippen molar-refractivity contribution in [3.05, 3.63) is 39.8 Å². The van der Waals surface area contributed by atoms with Crippen LogP contribution in [0.15, 0.2) is 28.5 Å². The second-order valence-electron chi connectivity index (χ2n) is 6.30. The predicted molar refractivity (Wildman–Crippen MR) is 92.6 cm³/mol. The van der Waals surface area contributed by atoms with Crippen LogP contribution in [0, 0.1) is 6.92 Å². The Labute approximate surface area is 141 Å². The van der Waals surface area contributed by atoms with E-state index in [1.807, 2.05) is 39.1 Å². The van der Waals surface area contributed by atoms with E-state index < -0.39 is 10.0 Å². The average Bonchev–Trinajstić information content (AvgIpc) is 2.89. The topological polar surface area (TPSA) is 68.3 Å². The molecule has 1 N–H and O–H groups in total. The maximum absolute atomic E-state index is 12.7. The minimum absolute atomic E-state index is 0.150. The SMILES string of the molecule is COc1ccc(C(C)(C)C)cc1S(=O)(=O)NCc1csc(C)n1. The van der Waals surface area contributed by atoms with Crippen LogP contribution < -0.4 is 9.46 Å².